The van der Waals surface area contributed by atoms with Crippen molar-refractivity contribution in [2.45, 2.75) is 32.9 Å². The molecule has 14 heteroatoms. The second-order valence-electron chi connectivity index (χ2n) is 10.4. The third-order valence-electron chi connectivity index (χ3n) is 6.14. The zero-order valence-corrected chi connectivity index (χ0v) is 25.4. The number of rotatable bonds is 7. The number of nitrogens with zero attached hydrogens (tertiary/aromatic N) is 6. The highest BCUT2D eigenvalue weighted by atomic mass is 35.5. The van der Waals surface area contributed by atoms with Crippen LogP contribution < -0.4 is 9.80 Å². The maximum absolute atomic E-state index is 12.7. The van der Waals surface area contributed by atoms with Gasteiger partial charge in [-0.25, -0.2) is 14.8 Å². The lowest BCUT2D eigenvalue weighted by molar-refractivity contribution is 0.0255. The number of alkyl halides is 1. The number of amides is 1. The Balaban J connectivity index is 1.54. The second-order valence-corrected chi connectivity index (χ2v) is 10.8. The fourth-order valence-electron chi connectivity index (χ4n) is 4.12. The predicted molar refractivity (Wildman–Crippen MR) is 157 cm³/mol. The largest absolute Gasteiger partial charge is 0.444 e. The number of nitrogens with one attached hydrogen (secondary N) is 1. The monoisotopic (exact) mass is 599 g/mol. The van der Waals surface area contributed by atoms with Gasteiger partial charge in [0.25, 0.3) is 0 Å². The molecule has 0 radical (unpaired) electrons. The minimum Gasteiger partial charge on any atom is -0.444 e. The molecule has 232 valence electrons. The minimum atomic E-state index is -0.577. The summed E-state index contributed by atoms with van der Waals surface area (Å²) in [4.78, 5) is 30.6. The van der Waals surface area contributed by atoms with Crippen LogP contribution in [0.5, 0.6) is 0 Å². The van der Waals surface area contributed by atoms with Gasteiger partial charge in [-0.2, -0.15) is 0 Å². The van der Waals surface area contributed by atoms with Crippen molar-refractivity contribution in [2.75, 3.05) is 108 Å². The van der Waals surface area contributed by atoms with Gasteiger partial charge in [0.2, 0.25) is 11.9 Å². The normalized spacial score (nSPS) is 17.6. The highest BCUT2D eigenvalue weighted by Crippen LogP contribution is 2.14. The Kier molecular flexibility index (Phi) is 14.5. The molecule has 0 unspecified atom stereocenters. The van der Waals surface area contributed by atoms with Gasteiger partial charge in [0.05, 0.1) is 52.9 Å². The van der Waals surface area contributed by atoms with Crippen LogP contribution in [0.1, 0.15) is 20.8 Å². The van der Waals surface area contributed by atoms with Crippen molar-refractivity contribution in [3.63, 3.8) is 0 Å². The molecule has 1 aliphatic heterocycles. The van der Waals surface area contributed by atoms with Crippen LogP contribution in [0.3, 0.4) is 0 Å². The van der Waals surface area contributed by atoms with Crippen molar-refractivity contribution >= 4 is 29.6 Å². The summed E-state index contributed by atoms with van der Waals surface area (Å²) in [5.74, 6) is 1.91. The molecular formula is C27H46ClN7O6. The fraction of sp³-hybridized carbons (Fsp3) is 0.741. The first-order chi connectivity index (χ1) is 19.9. The molecule has 13 nitrogen and oxygen atoms in total. The van der Waals surface area contributed by atoms with E-state index in [1.165, 1.54) is 0 Å². The number of aromatic amines is 1. The van der Waals surface area contributed by atoms with E-state index >= 15 is 0 Å². The van der Waals surface area contributed by atoms with E-state index in [-0.39, 0.29) is 6.09 Å². The Morgan fingerprint density at radius 2 is 1.49 bits per heavy atom. The standard InChI is InChI=1S/C27H46ClN7O6/c1-27(2,3)41-26(36)35(8-4-28)11-10-33-9-7-31-25(33)34-14-18-39-22-20-37-16-12-32(24-29-5-6-30-24)13-17-38-21-23-40-19-15-34/h5-7,9H,4,8,10-23H2,1-3H3,(H,29,30). The quantitative estimate of drug-likeness (QED) is 0.475. The van der Waals surface area contributed by atoms with Gasteiger partial charge < -0.3 is 47.9 Å². The van der Waals surface area contributed by atoms with Crippen LogP contribution >= 0.6 is 11.6 Å². The highest BCUT2D eigenvalue weighted by Gasteiger charge is 2.22. The van der Waals surface area contributed by atoms with Crippen LogP contribution in [-0.4, -0.2) is 134 Å². The van der Waals surface area contributed by atoms with Crippen molar-refractivity contribution < 1.29 is 28.5 Å². The number of imidazole rings is 2. The smallest absolute Gasteiger partial charge is 0.410 e. The molecule has 0 aromatic carbocycles. The molecule has 0 aliphatic carbocycles. The van der Waals surface area contributed by atoms with Crippen LogP contribution in [0, 0.1) is 0 Å². The van der Waals surface area contributed by atoms with Crippen LogP contribution in [0.4, 0.5) is 16.7 Å². The van der Waals surface area contributed by atoms with Crippen LogP contribution in [0.2, 0.25) is 0 Å². The molecule has 3 rings (SSSR count). The molecular weight excluding hydrogens is 554 g/mol. The molecule has 41 heavy (non-hydrogen) atoms. The van der Waals surface area contributed by atoms with Crippen molar-refractivity contribution in [2.24, 2.45) is 0 Å². The van der Waals surface area contributed by atoms with Crippen molar-refractivity contribution in [1.29, 1.82) is 0 Å². The first-order valence-electron chi connectivity index (χ1n) is 14.2. The fourth-order valence-corrected chi connectivity index (χ4v) is 4.32. The Bertz CT molecular complexity index is 952. The molecule has 0 saturated carbocycles. The second kappa shape index (κ2) is 18.1. The average Bonchev–Trinajstić information content (AvgIpc) is 3.63. The number of carbonyl (C=O) groups is 1. The summed E-state index contributed by atoms with van der Waals surface area (Å²) in [7, 11) is 0. The van der Waals surface area contributed by atoms with Crippen molar-refractivity contribution in [1.82, 2.24) is 24.4 Å². The SMILES string of the molecule is CC(C)(C)OC(=O)N(CCCl)CCn1ccnc1N1CCOCCOCCN(c2ncc[nH]2)CCOCCOCC1. The van der Waals surface area contributed by atoms with E-state index in [2.05, 4.69) is 24.8 Å². The van der Waals surface area contributed by atoms with Gasteiger partial charge in [0.15, 0.2) is 0 Å². The van der Waals surface area contributed by atoms with Gasteiger partial charge in [-0.3, -0.25) is 0 Å². The third-order valence-corrected chi connectivity index (χ3v) is 6.31. The molecule has 1 N–H and O–H groups in total. The molecule has 3 heterocycles. The van der Waals surface area contributed by atoms with E-state index in [0.717, 1.165) is 11.9 Å². The van der Waals surface area contributed by atoms with E-state index < -0.39 is 5.60 Å². The number of H-pyrrole nitrogens is 1. The van der Waals surface area contributed by atoms with E-state index in [0.29, 0.717) is 105 Å². The molecule has 1 fully saturated rings. The number of carbonyl (C=O) groups excluding carboxylic acids is 1. The summed E-state index contributed by atoms with van der Waals surface area (Å²) in [6.45, 7) is 13.7. The Hall–Kier alpha value is -2.58. The summed E-state index contributed by atoms with van der Waals surface area (Å²) in [5.41, 5.74) is -0.577. The lowest BCUT2D eigenvalue weighted by Gasteiger charge is -2.28. The maximum Gasteiger partial charge on any atom is 0.410 e. The molecule has 0 spiro atoms. The molecule has 1 saturated heterocycles. The molecule has 0 bridgehead atoms. The lowest BCUT2D eigenvalue weighted by atomic mass is 10.2. The summed E-state index contributed by atoms with van der Waals surface area (Å²) in [6, 6.07) is 0. The number of hydrogen-bond acceptors (Lipinski definition) is 10. The molecule has 2 aromatic heterocycles. The van der Waals surface area contributed by atoms with Crippen LogP contribution in [-0.2, 0) is 30.2 Å². The minimum absolute atomic E-state index is 0.326. The number of ether oxygens (including phenoxy) is 5. The molecule has 1 amide bonds. The van der Waals surface area contributed by atoms with E-state index in [1.807, 2.05) is 31.5 Å². The average molecular weight is 600 g/mol. The first kappa shape index (κ1) is 32.9. The summed E-state index contributed by atoms with van der Waals surface area (Å²) >= 11 is 5.97. The number of aromatic nitrogens is 4. The van der Waals surface area contributed by atoms with Gasteiger partial charge >= 0.3 is 6.09 Å². The van der Waals surface area contributed by atoms with Gasteiger partial charge in [-0.1, -0.05) is 0 Å². The maximum atomic E-state index is 12.7. The topological polar surface area (TPSA) is 119 Å². The molecule has 1 aliphatic rings. The van der Waals surface area contributed by atoms with Gasteiger partial charge in [0.1, 0.15) is 5.60 Å². The summed E-state index contributed by atoms with van der Waals surface area (Å²) < 4.78 is 30.9. The van der Waals surface area contributed by atoms with E-state index in [1.54, 1.807) is 23.5 Å². The number of hydrogen-bond donors (Lipinski definition) is 1. The van der Waals surface area contributed by atoms with Crippen LogP contribution in [0.25, 0.3) is 0 Å². The zero-order chi connectivity index (χ0) is 29.3. The van der Waals surface area contributed by atoms with Gasteiger partial charge in [0, 0.05) is 76.5 Å². The Morgan fingerprint density at radius 3 is 2.00 bits per heavy atom. The number of halogens is 1. The van der Waals surface area contributed by atoms with Gasteiger partial charge in [-0.15, -0.1) is 11.6 Å². The van der Waals surface area contributed by atoms with E-state index in [9.17, 15) is 4.79 Å². The van der Waals surface area contributed by atoms with E-state index in [4.69, 9.17) is 35.3 Å². The summed E-state index contributed by atoms with van der Waals surface area (Å²) in [5, 5.41) is 0. The van der Waals surface area contributed by atoms with Crippen molar-refractivity contribution in [3.8, 4) is 0 Å². The third kappa shape index (κ3) is 12.4. The molecule has 0 atom stereocenters. The highest BCUT2D eigenvalue weighted by molar-refractivity contribution is 6.18. The number of anilines is 2. The Labute approximate surface area is 248 Å². The summed E-state index contributed by atoms with van der Waals surface area (Å²) in [6.07, 6.45) is 6.83. The first-order valence-corrected chi connectivity index (χ1v) is 14.8. The van der Waals surface area contributed by atoms with Gasteiger partial charge in [-0.05, 0) is 20.8 Å². The predicted octanol–water partition coefficient (Wildman–Crippen LogP) is 2.48. The van der Waals surface area contributed by atoms with Crippen molar-refractivity contribution in [3.05, 3.63) is 24.8 Å². The molecule has 2 aromatic rings. The zero-order valence-electron chi connectivity index (χ0n) is 24.6. The lowest BCUT2D eigenvalue weighted by Crippen LogP contribution is -2.40. The Morgan fingerprint density at radius 1 is 0.902 bits per heavy atom. The van der Waals surface area contributed by atoms with Crippen LogP contribution in [0.15, 0.2) is 24.8 Å².